The zero-order valence-corrected chi connectivity index (χ0v) is 27.2. The maximum Gasteiger partial charge on any atom is 0.249 e. The molecule has 1 aliphatic carbocycles. The molecule has 1 aromatic rings. The molecule has 2 saturated heterocycles. The van der Waals surface area contributed by atoms with E-state index in [0.29, 0.717) is 38.2 Å². The molecule has 0 bridgehead atoms. The predicted octanol–water partition coefficient (Wildman–Crippen LogP) is 4.49. The van der Waals surface area contributed by atoms with E-state index in [2.05, 4.69) is 13.8 Å². The molecule has 4 aliphatic heterocycles. The van der Waals surface area contributed by atoms with Crippen molar-refractivity contribution in [1.82, 2.24) is 9.80 Å². The molecule has 45 heavy (non-hydrogen) atoms. The Morgan fingerprint density at radius 2 is 1.64 bits per heavy atom. The Morgan fingerprint density at radius 3 is 2.29 bits per heavy atom. The molecule has 9 nitrogen and oxygen atoms in total. The third-order valence-electron chi connectivity index (χ3n) is 10.7. The Kier molecular flexibility index (Phi) is 8.87. The number of amides is 3. The number of carbonyl (C=O) groups excluding carboxylic acids is 3. The normalized spacial score (nSPS) is 32.4. The quantitative estimate of drug-likeness (QED) is 0.409. The number of aliphatic hydroxyl groups excluding tert-OH is 1. The van der Waals surface area contributed by atoms with Crippen molar-refractivity contribution >= 4 is 23.4 Å². The van der Waals surface area contributed by atoms with Crippen LogP contribution >= 0.6 is 0 Å². The van der Waals surface area contributed by atoms with Gasteiger partial charge in [-0.15, -0.1) is 0 Å². The number of benzene rings is 1. The molecule has 1 N–H and O–H groups in total. The minimum Gasteiger partial charge on any atom is -0.494 e. The van der Waals surface area contributed by atoms with Crippen molar-refractivity contribution in [1.29, 1.82) is 0 Å². The molecule has 0 aromatic heterocycles. The molecular formula is C36H49N3O6. The van der Waals surface area contributed by atoms with Gasteiger partial charge in [-0.25, -0.2) is 0 Å². The number of carbonyl (C=O) groups is 3. The molecule has 6 rings (SSSR count). The van der Waals surface area contributed by atoms with Gasteiger partial charge >= 0.3 is 0 Å². The van der Waals surface area contributed by atoms with Crippen LogP contribution in [0.25, 0.3) is 0 Å². The van der Waals surface area contributed by atoms with E-state index in [1.165, 1.54) is 6.42 Å². The van der Waals surface area contributed by atoms with Gasteiger partial charge in [-0.2, -0.15) is 0 Å². The second-order valence-electron chi connectivity index (χ2n) is 13.8. The monoisotopic (exact) mass is 619 g/mol. The molecule has 244 valence electrons. The Bertz CT molecular complexity index is 1340. The number of nitrogens with zero attached hydrogens (tertiary/aromatic N) is 3. The number of fused-ring (bicyclic) bond motifs is 2. The third kappa shape index (κ3) is 5.20. The largest absolute Gasteiger partial charge is 0.494 e. The zero-order valence-electron chi connectivity index (χ0n) is 27.2. The molecule has 9 heteroatoms. The highest BCUT2D eigenvalue weighted by Crippen LogP contribution is 2.59. The fraction of sp³-hybridized carbons (Fsp3) is 0.639. The van der Waals surface area contributed by atoms with E-state index >= 15 is 0 Å². The van der Waals surface area contributed by atoms with Gasteiger partial charge in [0.2, 0.25) is 17.7 Å². The standard InChI is InChI=1S/C36H49N3O6/c1-5-35-18-10-20-37(26-14-16-28(17-15-26)44-6-2)32(41)29(35)30-33(42)39(27(23-40)22-24(3)4)31-34(43)38(25-12-8-7-9-13-25)21-11-19-36(30,31)45-35/h10-11,14-19,24-25,27,29-31,40H,5-9,12-13,20-23H2,1-4H3/t27-,29+,30+,31?,35-,36+/m1/s1. The van der Waals surface area contributed by atoms with Crippen LogP contribution in [0.1, 0.15) is 72.6 Å². The van der Waals surface area contributed by atoms with Crippen LogP contribution in [-0.2, 0) is 19.1 Å². The van der Waals surface area contributed by atoms with Crippen molar-refractivity contribution in [2.75, 3.05) is 31.2 Å². The van der Waals surface area contributed by atoms with Crippen molar-refractivity contribution in [3.05, 3.63) is 48.6 Å². The summed E-state index contributed by atoms with van der Waals surface area (Å²) in [5.41, 5.74) is -1.67. The minimum atomic E-state index is -1.33. The summed E-state index contributed by atoms with van der Waals surface area (Å²) in [5.74, 6) is -1.45. The van der Waals surface area contributed by atoms with Gasteiger partial charge in [0, 0.05) is 24.8 Å². The fourth-order valence-corrected chi connectivity index (χ4v) is 8.77. The number of anilines is 1. The van der Waals surface area contributed by atoms with E-state index < -0.39 is 35.1 Å². The van der Waals surface area contributed by atoms with Crippen LogP contribution in [0.3, 0.4) is 0 Å². The first-order valence-corrected chi connectivity index (χ1v) is 17.0. The first-order valence-electron chi connectivity index (χ1n) is 17.0. The molecule has 5 aliphatic rings. The van der Waals surface area contributed by atoms with Gasteiger partial charge in [0.1, 0.15) is 17.4 Å². The first kappa shape index (κ1) is 31.8. The van der Waals surface area contributed by atoms with E-state index in [0.717, 1.165) is 31.4 Å². The summed E-state index contributed by atoms with van der Waals surface area (Å²) in [6.45, 7) is 9.08. The van der Waals surface area contributed by atoms with Crippen molar-refractivity contribution in [3.63, 3.8) is 0 Å². The second-order valence-corrected chi connectivity index (χ2v) is 13.8. The Labute approximate surface area is 267 Å². The van der Waals surface area contributed by atoms with E-state index in [1.807, 2.05) is 67.3 Å². The van der Waals surface area contributed by atoms with E-state index in [-0.39, 0.29) is 36.3 Å². The summed E-state index contributed by atoms with van der Waals surface area (Å²) in [4.78, 5) is 49.9. The highest BCUT2D eigenvalue weighted by Gasteiger charge is 2.76. The van der Waals surface area contributed by atoms with Gasteiger partial charge in [0.15, 0.2) is 0 Å². The maximum atomic E-state index is 14.9. The minimum absolute atomic E-state index is 0.100. The van der Waals surface area contributed by atoms with Crippen LogP contribution in [0.2, 0.25) is 0 Å². The lowest BCUT2D eigenvalue weighted by atomic mass is 9.73. The summed E-state index contributed by atoms with van der Waals surface area (Å²) < 4.78 is 12.8. The second kappa shape index (κ2) is 12.6. The molecule has 3 fully saturated rings. The molecule has 1 spiro atoms. The highest BCUT2D eigenvalue weighted by molar-refractivity contribution is 6.04. The Balaban J connectivity index is 1.46. The summed E-state index contributed by atoms with van der Waals surface area (Å²) in [7, 11) is 0. The molecular weight excluding hydrogens is 570 g/mol. The molecule has 1 aromatic carbocycles. The SMILES string of the molecule is CCOc1ccc(N2CC=C[C@@]3(CC)O[C@]45C=CCN(C6CCCCC6)C(=O)C4N([C@@H](CO)CC(C)C)C(=O)[C@@H]5[C@H]3C2=O)cc1. The number of ether oxygens (including phenoxy) is 2. The van der Waals surface area contributed by atoms with Crippen molar-refractivity contribution in [2.45, 2.75) is 102 Å². The van der Waals surface area contributed by atoms with Crippen molar-refractivity contribution in [2.24, 2.45) is 17.8 Å². The maximum absolute atomic E-state index is 14.9. The van der Waals surface area contributed by atoms with Gasteiger partial charge in [0.05, 0.1) is 36.7 Å². The molecule has 3 amide bonds. The fourth-order valence-electron chi connectivity index (χ4n) is 8.77. The summed E-state index contributed by atoms with van der Waals surface area (Å²) in [5, 5.41) is 10.7. The van der Waals surface area contributed by atoms with Crippen LogP contribution in [-0.4, -0.2) is 88.3 Å². The average molecular weight is 620 g/mol. The number of hydrogen-bond acceptors (Lipinski definition) is 6. The highest BCUT2D eigenvalue weighted by atomic mass is 16.5. The summed E-state index contributed by atoms with van der Waals surface area (Å²) >= 11 is 0. The zero-order chi connectivity index (χ0) is 31.9. The first-order chi connectivity index (χ1) is 21.7. The number of hydrogen-bond donors (Lipinski definition) is 1. The summed E-state index contributed by atoms with van der Waals surface area (Å²) in [6, 6.07) is 6.02. The lowest BCUT2D eigenvalue weighted by Gasteiger charge is -2.42. The predicted molar refractivity (Wildman–Crippen MR) is 172 cm³/mol. The number of aliphatic hydroxyl groups is 1. The van der Waals surface area contributed by atoms with Crippen molar-refractivity contribution in [3.8, 4) is 5.75 Å². The smallest absolute Gasteiger partial charge is 0.249 e. The van der Waals surface area contributed by atoms with Crippen LogP contribution in [0.15, 0.2) is 48.6 Å². The van der Waals surface area contributed by atoms with Crippen LogP contribution in [0.4, 0.5) is 5.69 Å². The summed E-state index contributed by atoms with van der Waals surface area (Å²) in [6.07, 6.45) is 14.0. The molecule has 6 atom stereocenters. The van der Waals surface area contributed by atoms with Gasteiger partial charge < -0.3 is 29.3 Å². The average Bonchev–Trinajstić information content (AvgIpc) is 3.33. The van der Waals surface area contributed by atoms with Gasteiger partial charge in [-0.3, -0.25) is 14.4 Å². The van der Waals surface area contributed by atoms with Crippen LogP contribution < -0.4 is 9.64 Å². The third-order valence-corrected chi connectivity index (χ3v) is 10.7. The topological polar surface area (TPSA) is 99.6 Å². The number of likely N-dealkylation sites (tertiary alicyclic amines) is 1. The van der Waals surface area contributed by atoms with E-state index in [4.69, 9.17) is 9.47 Å². The number of rotatable bonds is 9. The molecule has 4 heterocycles. The van der Waals surface area contributed by atoms with E-state index in [1.54, 1.807) is 9.80 Å². The van der Waals surface area contributed by atoms with Crippen LogP contribution in [0, 0.1) is 17.8 Å². The molecule has 1 unspecified atom stereocenters. The Hall–Kier alpha value is -3.17. The lowest BCUT2D eigenvalue weighted by molar-refractivity contribution is -0.157. The van der Waals surface area contributed by atoms with Gasteiger partial charge in [0.25, 0.3) is 0 Å². The van der Waals surface area contributed by atoms with E-state index in [9.17, 15) is 19.5 Å². The molecule has 0 radical (unpaired) electrons. The Morgan fingerprint density at radius 1 is 0.933 bits per heavy atom. The van der Waals surface area contributed by atoms with Gasteiger partial charge in [-0.1, -0.05) is 64.3 Å². The molecule has 1 saturated carbocycles. The lowest BCUT2D eigenvalue weighted by Crippen LogP contribution is -2.60. The van der Waals surface area contributed by atoms with Crippen molar-refractivity contribution < 1.29 is 29.0 Å². The van der Waals surface area contributed by atoms with Gasteiger partial charge in [-0.05, 0) is 62.8 Å². The van der Waals surface area contributed by atoms with Crippen LogP contribution in [0.5, 0.6) is 5.75 Å².